The second-order valence-electron chi connectivity index (χ2n) is 9.07. The Morgan fingerprint density at radius 3 is 2.31 bits per heavy atom. The van der Waals surface area contributed by atoms with E-state index in [-0.39, 0.29) is 21.9 Å². The molecule has 0 amide bonds. The van der Waals surface area contributed by atoms with Gasteiger partial charge in [-0.2, -0.15) is 0 Å². The second-order valence-corrected chi connectivity index (χ2v) is 11.8. The summed E-state index contributed by atoms with van der Waals surface area (Å²) in [7, 11) is -3.72. The lowest BCUT2D eigenvalue weighted by atomic mass is 9.98. The quantitative estimate of drug-likeness (QED) is 0.552. The van der Waals surface area contributed by atoms with Gasteiger partial charge in [0.1, 0.15) is 0 Å². The molecule has 0 spiro atoms. The van der Waals surface area contributed by atoms with Crippen molar-refractivity contribution < 1.29 is 8.42 Å². The zero-order valence-electron chi connectivity index (χ0n) is 19.0. The van der Waals surface area contributed by atoms with E-state index in [1.165, 1.54) is 18.5 Å². The maximum absolute atomic E-state index is 13.0. The zero-order valence-corrected chi connectivity index (χ0v) is 20.7. The third-order valence-electron chi connectivity index (χ3n) is 6.29. The summed E-state index contributed by atoms with van der Waals surface area (Å²) in [6.45, 7) is 10.2. The number of aromatic nitrogens is 1. The molecule has 32 heavy (non-hydrogen) atoms. The molecule has 8 heteroatoms. The first-order valence-corrected chi connectivity index (χ1v) is 13.5. The van der Waals surface area contributed by atoms with Crippen LogP contribution in [0, 0.1) is 5.92 Å². The minimum Gasteiger partial charge on any atom is -0.372 e. The number of fused-ring (bicyclic) bond motifs is 1. The van der Waals surface area contributed by atoms with E-state index in [0.717, 1.165) is 41.4 Å². The molecule has 1 aromatic heterocycles. The number of hydrogen-bond acceptors (Lipinski definition) is 5. The van der Waals surface area contributed by atoms with Gasteiger partial charge in [-0.3, -0.25) is 9.36 Å². The average Bonchev–Trinajstić information content (AvgIpc) is 3.09. The molecule has 1 atom stereocenters. The molecule has 0 bridgehead atoms. The van der Waals surface area contributed by atoms with Crippen molar-refractivity contribution in [3.8, 4) is 0 Å². The SMILES string of the molecule is CC1CCN(c2ccc(C(C)NS(=O)(=O)c3ccc4c(c3)sc(=O)n4C(C)C)cc2)CC1. The van der Waals surface area contributed by atoms with Crippen molar-refractivity contribution in [2.75, 3.05) is 18.0 Å². The first-order chi connectivity index (χ1) is 15.2. The van der Waals surface area contributed by atoms with E-state index in [2.05, 4.69) is 28.7 Å². The Morgan fingerprint density at radius 2 is 1.69 bits per heavy atom. The van der Waals surface area contributed by atoms with Gasteiger partial charge in [-0.25, -0.2) is 13.1 Å². The van der Waals surface area contributed by atoms with Crippen LogP contribution in [0.1, 0.15) is 58.2 Å². The van der Waals surface area contributed by atoms with E-state index in [1.54, 1.807) is 22.8 Å². The molecule has 4 rings (SSSR count). The highest BCUT2D eigenvalue weighted by atomic mass is 32.2. The van der Waals surface area contributed by atoms with Gasteiger partial charge in [0.05, 0.1) is 15.1 Å². The summed E-state index contributed by atoms with van der Waals surface area (Å²) in [4.78, 5) is 14.8. The Balaban J connectivity index is 1.51. The van der Waals surface area contributed by atoms with Gasteiger partial charge in [0.25, 0.3) is 0 Å². The predicted molar refractivity (Wildman–Crippen MR) is 132 cm³/mol. The molecule has 3 aromatic rings. The highest BCUT2D eigenvalue weighted by molar-refractivity contribution is 7.89. The monoisotopic (exact) mass is 473 g/mol. The molecule has 1 aliphatic heterocycles. The summed E-state index contributed by atoms with van der Waals surface area (Å²) in [6.07, 6.45) is 2.41. The number of hydrogen-bond donors (Lipinski definition) is 1. The van der Waals surface area contributed by atoms with Crippen LogP contribution in [0.25, 0.3) is 10.2 Å². The van der Waals surface area contributed by atoms with Crippen LogP contribution < -0.4 is 14.5 Å². The maximum Gasteiger partial charge on any atom is 0.308 e. The zero-order chi connectivity index (χ0) is 23.0. The number of anilines is 1. The Bertz CT molecular complexity index is 1250. The van der Waals surface area contributed by atoms with Gasteiger partial charge < -0.3 is 4.90 Å². The molecule has 0 saturated carbocycles. The molecule has 6 nitrogen and oxygen atoms in total. The van der Waals surface area contributed by atoms with E-state index in [9.17, 15) is 13.2 Å². The van der Waals surface area contributed by atoms with E-state index in [0.29, 0.717) is 4.70 Å². The van der Waals surface area contributed by atoms with Crippen LogP contribution in [0.15, 0.2) is 52.2 Å². The summed E-state index contributed by atoms with van der Waals surface area (Å²) in [6, 6.07) is 12.7. The van der Waals surface area contributed by atoms with E-state index < -0.39 is 10.0 Å². The van der Waals surface area contributed by atoms with Gasteiger partial charge in [-0.15, -0.1) is 0 Å². The van der Waals surface area contributed by atoms with Crippen molar-refractivity contribution in [2.45, 2.75) is 57.5 Å². The van der Waals surface area contributed by atoms with Crippen LogP contribution in [0.2, 0.25) is 0 Å². The fraction of sp³-hybridized carbons (Fsp3) is 0.458. The molecule has 0 aliphatic carbocycles. The van der Waals surface area contributed by atoms with Gasteiger partial charge in [0, 0.05) is 30.9 Å². The number of sulfonamides is 1. The van der Waals surface area contributed by atoms with Crippen LogP contribution in [0.5, 0.6) is 0 Å². The molecule has 1 aliphatic rings. The third-order valence-corrected chi connectivity index (χ3v) is 8.74. The summed E-state index contributed by atoms with van der Waals surface area (Å²) in [5.74, 6) is 0.782. The summed E-state index contributed by atoms with van der Waals surface area (Å²) < 4.78 is 31.2. The van der Waals surface area contributed by atoms with Crippen LogP contribution in [0.3, 0.4) is 0 Å². The number of thiazole rings is 1. The van der Waals surface area contributed by atoms with Crippen LogP contribution in [-0.4, -0.2) is 26.1 Å². The standard InChI is InChI=1S/C24H31N3O3S2/c1-16(2)27-22-10-9-21(15-23(22)31-24(27)28)32(29,30)25-18(4)19-5-7-20(8-6-19)26-13-11-17(3)12-14-26/h5-10,15-18,25H,11-14H2,1-4H3. The lowest BCUT2D eigenvalue weighted by molar-refractivity contribution is 0.438. The first kappa shape index (κ1) is 23.0. The summed E-state index contributed by atoms with van der Waals surface area (Å²) in [5.41, 5.74) is 2.87. The lowest BCUT2D eigenvalue weighted by Gasteiger charge is -2.32. The largest absolute Gasteiger partial charge is 0.372 e. The summed E-state index contributed by atoms with van der Waals surface area (Å²) >= 11 is 1.08. The fourth-order valence-electron chi connectivity index (χ4n) is 4.28. The number of piperidine rings is 1. The molecular weight excluding hydrogens is 442 g/mol. The van der Waals surface area contributed by atoms with Crippen molar-refractivity contribution in [3.05, 3.63) is 57.7 Å². The molecule has 172 valence electrons. The van der Waals surface area contributed by atoms with Gasteiger partial charge in [-0.1, -0.05) is 30.4 Å². The Labute approximate surface area is 193 Å². The molecule has 1 fully saturated rings. The van der Waals surface area contributed by atoms with Gasteiger partial charge in [0.2, 0.25) is 10.0 Å². The number of nitrogens with zero attached hydrogens (tertiary/aromatic N) is 2. The van der Waals surface area contributed by atoms with Gasteiger partial charge >= 0.3 is 4.87 Å². The Kier molecular flexibility index (Phi) is 6.47. The van der Waals surface area contributed by atoms with Crippen molar-refractivity contribution >= 4 is 37.3 Å². The second kappa shape index (κ2) is 9.00. The maximum atomic E-state index is 13.0. The van der Waals surface area contributed by atoms with Crippen molar-refractivity contribution in [2.24, 2.45) is 5.92 Å². The molecule has 2 aromatic carbocycles. The number of benzene rings is 2. The van der Waals surface area contributed by atoms with E-state index in [4.69, 9.17) is 0 Å². The van der Waals surface area contributed by atoms with Crippen LogP contribution in [-0.2, 0) is 10.0 Å². The van der Waals surface area contributed by atoms with Crippen LogP contribution >= 0.6 is 11.3 Å². The molecule has 2 heterocycles. The topological polar surface area (TPSA) is 71.4 Å². The number of rotatable bonds is 6. The smallest absolute Gasteiger partial charge is 0.308 e. The van der Waals surface area contributed by atoms with Gasteiger partial charge in [0.15, 0.2) is 0 Å². The Morgan fingerprint density at radius 1 is 1.03 bits per heavy atom. The summed E-state index contributed by atoms with van der Waals surface area (Å²) in [5, 5.41) is 0. The normalized spacial score (nSPS) is 16.7. The van der Waals surface area contributed by atoms with Crippen molar-refractivity contribution in [3.63, 3.8) is 0 Å². The van der Waals surface area contributed by atoms with Gasteiger partial charge in [-0.05, 0) is 75.4 Å². The molecule has 0 radical (unpaired) electrons. The highest BCUT2D eigenvalue weighted by Crippen LogP contribution is 2.27. The predicted octanol–water partition coefficient (Wildman–Crippen LogP) is 4.92. The molecule has 1 N–H and O–H groups in total. The van der Waals surface area contributed by atoms with Crippen LogP contribution in [0.4, 0.5) is 5.69 Å². The minimum absolute atomic E-state index is 0.0214. The van der Waals surface area contributed by atoms with E-state index >= 15 is 0 Å². The Hall–Kier alpha value is -2.16. The average molecular weight is 474 g/mol. The molecule has 1 saturated heterocycles. The van der Waals surface area contributed by atoms with Crippen molar-refractivity contribution in [1.29, 1.82) is 0 Å². The highest BCUT2D eigenvalue weighted by Gasteiger charge is 2.21. The lowest BCUT2D eigenvalue weighted by Crippen LogP contribution is -2.32. The molecule has 1 unspecified atom stereocenters. The minimum atomic E-state index is -3.72. The first-order valence-electron chi connectivity index (χ1n) is 11.2. The third kappa shape index (κ3) is 4.63. The number of nitrogens with one attached hydrogen (secondary N) is 1. The fourth-order valence-corrected chi connectivity index (χ4v) is 6.67. The molecular formula is C24H31N3O3S2. The van der Waals surface area contributed by atoms with E-state index in [1.807, 2.05) is 32.9 Å². The van der Waals surface area contributed by atoms with Crippen molar-refractivity contribution in [1.82, 2.24) is 9.29 Å².